The monoisotopic (exact) mass is 744 g/mol. The number of carbonyl (C=O) groups excluding carboxylic acids is 2. The molecule has 0 heterocycles. The van der Waals surface area contributed by atoms with Gasteiger partial charge in [-0.25, -0.2) is 4.57 Å². The van der Waals surface area contributed by atoms with Crippen molar-refractivity contribution < 1.29 is 47.8 Å². The van der Waals surface area contributed by atoms with Crippen LogP contribution in [0.15, 0.2) is 36.5 Å². The highest BCUT2D eigenvalue weighted by molar-refractivity contribution is 7.47. The molecule has 1 unspecified atom stereocenters. The molecule has 3 N–H and O–H groups in total. The first-order valence-electron chi connectivity index (χ1n) is 20.0. The molecule has 0 bridgehead atoms. The summed E-state index contributed by atoms with van der Waals surface area (Å²) in [5, 5.41) is 18.3. The van der Waals surface area contributed by atoms with E-state index in [1.165, 1.54) is 64.2 Å². The van der Waals surface area contributed by atoms with Gasteiger partial charge in [0.25, 0.3) is 0 Å². The van der Waals surface area contributed by atoms with Gasteiger partial charge in [-0.2, -0.15) is 0 Å². The molecular weight excluding hydrogens is 671 g/mol. The third-order valence-corrected chi connectivity index (χ3v) is 9.25. The minimum Gasteiger partial charge on any atom is -0.462 e. The summed E-state index contributed by atoms with van der Waals surface area (Å²) in [6, 6.07) is 0. The summed E-state index contributed by atoms with van der Waals surface area (Å²) in [6.07, 6.45) is 35.4. The molecule has 0 saturated carbocycles. The molecule has 0 radical (unpaired) electrons. The van der Waals surface area contributed by atoms with E-state index in [0.717, 1.165) is 64.2 Å². The summed E-state index contributed by atoms with van der Waals surface area (Å²) < 4.78 is 32.6. The van der Waals surface area contributed by atoms with Gasteiger partial charge >= 0.3 is 19.8 Å². The van der Waals surface area contributed by atoms with Crippen molar-refractivity contribution in [1.29, 1.82) is 0 Å². The first-order valence-corrected chi connectivity index (χ1v) is 21.5. The molecule has 0 saturated heterocycles. The number of rotatable bonds is 37. The van der Waals surface area contributed by atoms with E-state index in [9.17, 15) is 24.2 Å². The molecule has 0 fully saturated rings. The van der Waals surface area contributed by atoms with E-state index in [0.29, 0.717) is 12.8 Å². The first kappa shape index (κ1) is 49.2. The maximum Gasteiger partial charge on any atom is 0.472 e. The lowest BCUT2D eigenvalue weighted by molar-refractivity contribution is -0.161. The van der Waals surface area contributed by atoms with Crippen LogP contribution in [-0.4, -0.2) is 65.7 Å². The molecule has 0 aromatic rings. The lowest BCUT2D eigenvalue weighted by atomic mass is 10.1. The second-order valence-corrected chi connectivity index (χ2v) is 14.8. The summed E-state index contributed by atoms with van der Waals surface area (Å²) in [6.45, 7) is 2.30. The molecule has 0 aliphatic heterocycles. The Morgan fingerprint density at radius 1 is 0.588 bits per heavy atom. The molecule has 0 aromatic carbocycles. The van der Waals surface area contributed by atoms with E-state index < -0.39 is 51.8 Å². The highest BCUT2D eigenvalue weighted by Gasteiger charge is 2.27. The molecule has 0 rings (SSSR count). The van der Waals surface area contributed by atoms with Crippen molar-refractivity contribution in [2.75, 3.05) is 26.4 Å². The number of hydrogen-bond acceptors (Lipinski definition) is 9. The summed E-state index contributed by atoms with van der Waals surface area (Å²) >= 11 is 0. The zero-order valence-electron chi connectivity index (χ0n) is 32.1. The van der Waals surface area contributed by atoms with Crippen molar-refractivity contribution in [2.24, 2.45) is 0 Å². The lowest BCUT2D eigenvalue weighted by Gasteiger charge is -2.20. The summed E-state index contributed by atoms with van der Waals surface area (Å²) in [5.41, 5.74) is 0. The van der Waals surface area contributed by atoms with Gasteiger partial charge < -0.3 is 24.6 Å². The number of hydrogen-bond donors (Lipinski definition) is 3. The second kappa shape index (κ2) is 36.5. The van der Waals surface area contributed by atoms with Gasteiger partial charge in [0.1, 0.15) is 12.7 Å². The Kier molecular flexibility index (Phi) is 35.2. The van der Waals surface area contributed by atoms with Crippen molar-refractivity contribution in [2.45, 2.75) is 180 Å². The average Bonchev–Trinajstić information content (AvgIpc) is 3.12. The number of aliphatic hydroxyl groups excluding tert-OH is 2. The van der Waals surface area contributed by atoms with Crippen LogP contribution < -0.4 is 0 Å². The molecule has 0 aliphatic carbocycles. The fourth-order valence-corrected chi connectivity index (χ4v) is 5.94. The maximum atomic E-state index is 12.6. The SMILES string of the molecule is CCCCCC/C=C/C=C/CCCCCCCC(=O)O[C@H](COC(=O)CCCCC/C=C/CCCCCCCC)COP(=O)(O)OC[C@@H](O)CO. The molecule has 11 heteroatoms. The molecule has 0 aliphatic rings. The topological polar surface area (TPSA) is 149 Å². The van der Waals surface area contributed by atoms with Gasteiger partial charge in [0.05, 0.1) is 19.8 Å². The van der Waals surface area contributed by atoms with Gasteiger partial charge in [0, 0.05) is 12.8 Å². The predicted molar refractivity (Wildman–Crippen MR) is 205 cm³/mol. The van der Waals surface area contributed by atoms with Gasteiger partial charge in [-0.3, -0.25) is 18.6 Å². The zero-order chi connectivity index (χ0) is 37.7. The Balaban J connectivity index is 4.41. The number of phosphoric ester groups is 1. The minimum absolute atomic E-state index is 0.163. The normalized spacial score (nSPS) is 14.4. The first-order chi connectivity index (χ1) is 24.7. The Bertz CT molecular complexity index is 952. The number of carbonyl (C=O) groups is 2. The lowest BCUT2D eigenvalue weighted by Crippen LogP contribution is -2.29. The van der Waals surface area contributed by atoms with E-state index >= 15 is 0 Å². The molecule has 0 amide bonds. The van der Waals surface area contributed by atoms with Crippen LogP contribution in [0.1, 0.15) is 168 Å². The third-order valence-electron chi connectivity index (χ3n) is 8.29. The highest BCUT2D eigenvalue weighted by Crippen LogP contribution is 2.43. The smallest absolute Gasteiger partial charge is 0.462 e. The minimum atomic E-state index is -4.62. The molecule has 0 spiro atoms. The second-order valence-electron chi connectivity index (χ2n) is 13.3. The Morgan fingerprint density at radius 3 is 1.57 bits per heavy atom. The van der Waals surface area contributed by atoms with Gasteiger partial charge in [-0.05, 0) is 64.2 Å². The largest absolute Gasteiger partial charge is 0.472 e. The fourth-order valence-electron chi connectivity index (χ4n) is 5.15. The zero-order valence-corrected chi connectivity index (χ0v) is 33.0. The van der Waals surface area contributed by atoms with Crippen LogP contribution in [0.3, 0.4) is 0 Å². The number of aliphatic hydroxyl groups is 2. The number of ether oxygens (including phenoxy) is 2. The summed E-state index contributed by atoms with van der Waals surface area (Å²) in [7, 11) is -4.62. The van der Waals surface area contributed by atoms with E-state index in [4.69, 9.17) is 19.1 Å². The van der Waals surface area contributed by atoms with E-state index in [1.807, 2.05) is 0 Å². The van der Waals surface area contributed by atoms with Crippen molar-refractivity contribution >= 4 is 19.8 Å². The standard InChI is InChI=1S/C40H73O10P/c1-3-5-7-9-11-13-15-17-18-20-22-24-26-28-30-32-40(44)50-38(36-49-51(45,46)48-34-37(42)33-41)35-47-39(43)31-29-27-25-23-21-19-16-14-12-10-8-6-4-2/h13,15,17-19,21,37-38,41-42H,3-12,14,16,20,22-36H2,1-2H3,(H,45,46)/b15-13+,18-17+,21-19+/t37-,38+/m0/s1. The van der Waals surface area contributed by atoms with Crippen LogP contribution in [-0.2, 0) is 32.7 Å². The molecular formula is C40H73O10P. The number of esters is 2. The van der Waals surface area contributed by atoms with Crippen molar-refractivity contribution in [3.05, 3.63) is 36.5 Å². The average molecular weight is 745 g/mol. The maximum absolute atomic E-state index is 12.6. The summed E-state index contributed by atoms with van der Waals surface area (Å²) in [4.78, 5) is 34.8. The van der Waals surface area contributed by atoms with Crippen LogP contribution >= 0.6 is 7.82 Å². The quantitative estimate of drug-likeness (QED) is 0.0184. The van der Waals surface area contributed by atoms with Gasteiger partial charge in [0.2, 0.25) is 0 Å². The van der Waals surface area contributed by atoms with Crippen LogP contribution in [0.4, 0.5) is 0 Å². The van der Waals surface area contributed by atoms with Gasteiger partial charge in [-0.15, -0.1) is 0 Å². The van der Waals surface area contributed by atoms with Crippen molar-refractivity contribution in [1.82, 2.24) is 0 Å². The number of unbranched alkanes of at least 4 members (excludes halogenated alkanes) is 18. The molecule has 10 nitrogen and oxygen atoms in total. The van der Waals surface area contributed by atoms with Gasteiger partial charge in [-0.1, -0.05) is 127 Å². The van der Waals surface area contributed by atoms with Gasteiger partial charge in [0.15, 0.2) is 6.10 Å². The highest BCUT2D eigenvalue weighted by atomic mass is 31.2. The van der Waals surface area contributed by atoms with Crippen molar-refractivity contribution in [3.8, 4) is 0 Å². The van der Waals surface area contributed by atoms with Crippen LogP contribution in [0.5, 0.6) is 0 Å². The van der Waals surface area contributed by atoms with Crippen LogP contribution in [0.25, 0.3) is 0 Å². The predicted octanol–water partition coefficient (Wildman–Crippen LogP) is 10.00. The molecule has 298 valence electrons. The Hall–Kier alpha value is -1.81. The molecule has 51 heavy (non-hydrogen) atoms. The van der Waals surface area contributed by atoms with E-state index in [2.05, 4.69) is 54.8 Å². The molecule has 0 aromatic heterocycles. The van der Waals surface area contributed by atoms with E-state index in [-0.39, 0.29) is 19.4 Å². The Labute approximate surface area is 310 Å². The molecule has 3 atom stereocenters. The Morgan fingerprint density at radius 2 is 1.02 bits per heavy atom. The fraction of sp³-hybridized carbons (Fsp3) is 0.800. The van der Waals surface area contributed by atoms with Crippen molar-refractivity contribution in [3.63, 3.8) is 0 Å². The van der Waals surface area contributed by atoms with Crippen LogP contribution in [0, 0.1) is 0 Å². The third kappa shape index (κ3) is 36.3. The van der Waals surface area contributed by atoms with E-state index in [1.54, 1.807) is 0 Å². The number of allylic oxidation sites excluding steroid dienone is 6. The van der Waals surface area contributed by atoms with Crippen LogP contribution in [0.2, 0.25) is 0 Å². The summed E-state index contributed by atoms with van der Waals surface area (Å²) in [5.74, 6) is -0.963. The number of phosphoric acid groups is 1.